The third-order valence-electron chi connectivity index (χ3n) is 8.11. The Morgan fingerprint density at radius 3 is 2.27 bits per heavy atom. The molecule has 4 nitrogen and oxygen atoms in total. The first-order chi connectivity index (χ1) is 19.9. The van der Waals surface area contributed by atoms with E-state index in [2.05, 4.69) is 118 Å². The molecule has 40 heavy (non-hydrogen) atoms. The second-order valence-electron chi connectivity index (χ2n) is 10.3. The van der Waals surface area contributed by atoms with E-state index >= 15 is 0 Å². The Balaban J connectivity index is 1.60. The van der Waals surface area contributed by atoms with Gasteiger partial charge in [-0.1, -0.05) is 91.0 Å². The summed E-state index contributed by atoms with van der Waals surface area (Å²) < 4.78 is 4.72. The van der Waals surface area contributed by atoms with E-state index in [-0.39, 0.29) is 0 Å². The molecular weight excluding hydrogens is 488 g/mol. The summed E-state index contributed by atoms with van der Waals surface area (Å²) in [5, 5.41) is 5.99. The molecule has 186 valence electrons. The van der Waals surface area contributed by atoms with Crippen LogP contribution in [0.3, 0.4) is 0 Å². The molecule has 4 aromatic heterocycles. The maximum Gasteiger partial charge on any atom is 0.162 e. The van der Waals surface area contributed by atoms with Gasteiger partial charge in [-0.15, -0.1) is 0 Å². The van der Waals surface area contributed by atoms with E-state index in [0.29, 0.717) is 0 Å². The van der Waals surface area contributed by atoms with E-state index in [4.69, 9.17) is 9.97 Å². The van der Waals surface area contributed by atoms with E-state index in [1.165, 1.54) is 32.6 Å². The number of pyridine rings is 2. The van der Waals surface area contributed by atoms with Gasteiger partial charge in [0.1, 0.15) is 0 Å². The summed E-state index contributed by atoms with van der Waals surface area (Å²) in [7, 11) is 0. The number of benzene rings is 5. The molecular formula is C36H22N4. The van der Waals surface area contributed by atoms with E-state index in [9.17, 15) is 0 Å². The number of hydrogen-bond acceptors (Lipinski definition) is 2. The zero-order chi connectivity index (χ0) is 26.2. The molecule has 4 heteroatoms. The van der Waals surface area contributed by atoms with Crippen LogP contribution in [-0.4, -0.2) is 18.9 Å². The average Bonchev–Trinajstić information content (AvgIpc) is 3.29. The fraction of sp³-hybridized carbons (Fsp3) is 0. The number of fused-ring (bicyclic) bond motifs is 6. The maximum atomic E-state index is 5.25. The number of rotatable bonds is 2. The molecule has 0 saturated heterocycles. The lowest BCUT2D eigenvalue weighted by molar-refractivity contribution is 1.11. The smallest absolute Gasteiger partial charge is 0.162 e. The molecule has 0 spiro atoms. The van der Waals surface area contributed by atoms with Crippen molar-refractivity contribution in [2.24, 2.45) is 0 Å². The third kappa shape index (κ3) is 2.85. The van der Waals surface area contributed by atoms with Crippen molar-refractivity contribution in [1.29, 1.82) is 0 Å². The van der Waals surface area contributed by atoms with Gasteiger partial charge in [-0.3, -0.25) is 4.57 Å². The molecule has 0 amide bonds. The topological polar surface area (TPSA) is 35.1 Å². The van der Waals surface area contributed by atoms with Crippen LogP contribution in [0, 0.1) is 0 Å². The van der Waals surface area contributed by atoms with E-state index in [1.54, 1.807) is 0 Å². The molecule has 0 saturated carbocycles. The molecule has 0 bridgehead atoms. The molecule has 0 N–H and O–H groups in total. The fourth-order valence-electron chi connectivity index (χ4n) is 6.42. The monoisotopic (exact) mass is 510 g/mol. The molecule has 0 aliphatic carbocycles. The zero-order valence-corrected chi connectivity index (χ0v) is 21.5. The standard InChI is InChI=1S/C36H22N4/c1-2-10-24(11-3-1)34-32(22-25-12-4-6-15-28(25)38-34)40-30-17-8-13-23-19-20-27-26-14-5-7-16-29(26)39(35(27)33(23)30)31-18-9-21-37-36(31)40/h1-22H. The SMILES string of the molecule is c1ccc(-c2nc3ccccc3cc2-n2c3cccc4ccc5c6ccccc6n(c6cccnc62)c5c43)cc1. The zero-order valence-electron chi connectivity index (χ0n) is 21.5. The van der Waals surface area contributed by atoms with Gasteiger partial charge in [0.2, 0.25) is 0 Å². The van der Waals surface area contributed by atoms with Gasteiger partial charge in [-0.05, 0) is 41.8 Å². The Morgan fingerprint density at radius 1 is 0.550 bits per heavy atom. The summed E-state index contributed by atoms with van der Waals surface area (Å²) in [5.41, 5.74) is 9.38. The lowest BCUT2D eigenvalue weighted by Crippen LogP contribution is -2.03. The molecule has 9 aromatic rings. The van der Waals surface area contributed by atoms with Crippen molar-refractivity contribution in [2.75, 3.05) is 0 Å². The Kier molecular flexibility index (Phi) is 4.30. The Bertz CT molecular complexity index is 2420. The number of hydrogen-bond donors (Lipinski definition) is 0. The number of para-hydroxylation sites is 2. The molecule has 0 fully saturated rings. The van der Waals surface area contributed by atoms with Gasteiger partial charge in [0.25, 0.3) is 0 Å². The number of aromatic nitrogens is 4. The Morgan fingerprint density at radius 2 is 1.32 bits per heavy atom. The van der Waals surface area contributed by atoms with Crippen molar-refractivity contribution in [1.82, 2.24) is 18.9 Å². The second kappa shape index (κ2) is 8.01. The van der Waals surface area contributed by atoms with Crippen LogP contribution in [0.1, 0.15) is 0 Å². The molecule has 0 aliphatic rings. The largest absolute Gasteiger partial charge is 0.305 e. The van der Waals surface area contributed by atoms with Crippen LogP contribution in [0.15, 0.2) is 134 Å². The first-order valence-corrected chi connectivity index (χ1v) is 13.5. The Labute approximate surface area is 229 Å². The lowest BCUT2D eigenvalue weighted by Gasteiger charge is -2.16. The van der Waals surface area contributed by atoms with Gasteiger partial charge in [0, 0.05) is 33.3 Å². The normalized spacial score (nSPS) is 12.0. The van der Waals surface area contributed by atoms with Crippen LogP contribution in [0.5, 0.6) is 0 Å². The van der Waals surface area contributed by atoms with E-state index in [0.717, 1.165) is 44.5 Å². The quantitative estimate of drug-likeness (QED) is 0.233. The van der Waals surface area contributed by atoms with Gasteiger partial charge >= 0.3 is 0 Å². The van der Waals surface area contributed by atoms with Crippen LogP contribution < -0.4 is 0 Å². The molecule has 0 aliphatic heterocycles. The third-order valence-corrected chi connectivity index (χ3v) is 8.11. The van der Waals surface area contributed by atoms with Gasteiger partial charge in [0.05, 0.1) is 39.0 Å². The van der Waals surface area contributed by atoms with Crippen molar-refractivity contribution in [2.45, 2.75) is 0 Å². The maximum absolute atomic E-state index is 5.25. The van der Waals surface area contributed by atoms with Crippen molar-refractivity contribution in [3.63, 3.8) is 0 Å². The first-order valence-electron chi connectivity index (χ1n) is 13.5. The highest BCUT2D eigenvalue weighted by Gasteiger charge is 2.21. The Hall–Kier alpha value is -5.48. The predicted molar refractivity (Wildman–Crippen MR) is 165 cm³/mol. The van der Waals surface area contributed by atoms with Crippen molar-refractivity contribution >= 4 is 60.2 Å². The molecule has 5 aromatic carbocycles. The van der Waals surface area contributed by atoms with Gasteiger partial charge < -0.3 is 4.40 Å². The molecule has 0 atom stereocenters. The van der Waals surface area contributed by atoms with Crippen LogP contribution in [-0.2, 0) is 0 Å². The summed E-state index contributed by atoms with van der Waals surface area (Å²) in [5.74, 6) is 0. The summed E-state index contributed by atoms with van der Waals surface area (Å²) in [4.78, 5) is 10.3. The average molecular weight is 511 g/mol. The van der Waals surface area contributed by atoms with E-state index < -0.39 is 0 Å². The highest BCUT2D eigenvalue weighted by molar-refractivity contribution is 6.23. The van der Waals surface area contributed by atoms with Crippen molar-refractivity contribution in [3.05, 3.63) is 134 Å². The van der Waals surface area contributed by atoms with Gasteiger partial charge in [-0.2, -0.15) is 0 Å². The summed E-state index contributed by atoms with van der Waals surface area (Å²) in [6, 6.07) is 45.0. The second-order valence-corrected chi connectivity index (χ2v) is 10.3. The summed E-state index contributed by atoms with van der Waals surface area (Å²) >= 11 is 0. The summed E-state index contributed by atoms with van der Waals surface area (Å²) in [6.07, 6.45) is 1.89. The molecule has 4 heterocycles. The molecule has 0 radical (unpaired) electrons. The highest BCUT2D eigenvalue weighted by atomic mass is 15.1. The van der Waals surface area contributed by atoms with Crippen LogP contribution >= 0.6 is 0 Å². The molecule has 9 rings (SSSR count). The minimum Gasteiger partial charge on any atom is -0.305 e. The lowest BCUT2D eigenvalue weighted by atomic mass is 10.0. The van der Waals surface area contributed by atoms with Crippen LogP contribution in [0.25, 0.3) is 77.1 Å². The minimum absolute atomic E-state index is 0.878. The minimum atomic E-state index is 0.878. The van der Waals surface area contributed by atoms with Crippen molar-refractivity contribution < 1.29 is 0 Å². The van der Waals surface area contributed by atoms with Crippen LogP contribution in [0.2, 0.25) is 0 Å². The van der Waals surface area contributed by atoms with Gasteiger partial charge in [-0.25, -0.2) is 9.97 Å². The highest BCUT2D eigenvalue weighted by Crippen LogP contribution is 2.40. The molecule has 0 unspecified atom stereocenters. The first kappa shape index (κ1) is 21.5. The number of nitrogens with zero attached hydrogens (tertiary/aromatic N) is 4. The summed E-state index contributed by atoms with van der Waals surface area (Å²) in [6.45, 7) is 0. The van der Waals surface area contributed by atoms with Crippen molar-refractivity contribution in [3.8, 4) is 16.9 Å². The fourth-order valence-corrected chi connectivity index (χ4v) is 6.42. The van der Waals surface area contributed by atoms with E-state index in [1.807, 2.05) is 24.4 Å². The van der Waals surface area contributed by atoms with Gasteiger partial charge in [0.15, 0.2) is 5.65 Å². The van der Waals surface area contributed by atoms with Crippen LogP contribution in [0.4, 0.5) is 0 Å². The predicted octanol–water partition coefficient (Wildman–Crippen LogP) is 8.95.